The first-order valence-corrected chi connectivity index (χ1v) is 8.25. The summed E-state index contributed by atoms with van der Waals surface area (Å²) in [5.41, 5.74) is 0.245. The predicted molar refractivity (Wildman–Crippen MR) is 91.5 cm³/mol. The Morgan fingerprint density at radius 1 is 1.21 bits per heavy atom. The number of hydrogen-bond acceptors (Lipinski definition) is 4. The second-order valence-corrected chi connectivity index (χ2v) is 6.99. The lowest BCUT2D eigenvalue weighted by Gasteiger charge is -2.23. The van der Waals surface area contributed by atoms with Crippen LogP contribution in [0.2, 0.25) is 0 Å². The summed E-state index contributed by atoms with van der Waals surface area (Å²) in [6.07, 6.45) is 0. The summed E-state index contributed by atoms with van der Waals surface area (Å²) in [5.74, 6) is -2.95. The molecule has 0 saturated carbocycles. The number of benzene rings is 2. The molecular weight excluding hydrogens is 350 g/mol. The van der Waals surface area contributed by atoms with Crippen LogP contribution in [0.4, 0.5) is 8.78 Å². The van der Waals surface area contributed by atoms with Gasteiger partial charge in [-0.3, -0.25) is 4.79 Å². The van der Waals surface area contributed by atoms with Gasteiger partial charge in [0, 0.05) is 11.5 Å². The Morgan fingerprint density at radius 3 is 2.33 bits per heavy atom. The van der Waals surface area contributed by atoms with Crippen molar-refractivity contribution in [2.45, 2.75) is 11.2 Å². The van der Waals surface area contributed by atoms with E-state index in [-0.39, 0.29) is 21.4 Å². The molecule has 1 N–H and O–H groups in total. The van der Waals surface area contributed by atoms with E-state index >= 15 is 0 Å². The molecule has 0 bridgehead atoms. The molecule has 3 nitrogen and oxygen atoms in total. The van der Waals surface area contributed by atoms with Crippen LogP contribution < -0.4 is 5.32 Å². The Balaban J connectivity index is 2.18. The largest absolute Gasteiger partial charge is 0.311 e. The van der Waals surface area contributed by atoms with E-state index in [2.05, 4.69) is 5.32 Å². The van der Waals surface area contributed by atoms with Crippen molar-refractivity contribution in [3.63, 3.8) is 0 Å². The number of carbonyl (C=O) groups is 1. The smallest absolute Gasteiger partial charge is 0.239 e. The van der Waals surface area contributed by atoms with Crippen LogP contribution in [0.3, 0.4) is 0 Å². The average molecular weight is 360 g/mol. The van der Waals surface area contributed by atoms with Gasteiger partial charge in [-0.2, -0.15) is 5.26 Å². The highest BCUT2D eigenvalue weighted by Gasteiger charge is 2.40. The zero-order valence-electron chi connectivity index (χ0n) is 12.1. The molecule has 1 fully saturated rings. The molecule has 1 saturated heterocycles. The molecule has 24 heavy (non-hydrogen) atoms. The lowest BCUT2D eigenvalue weighted by molar-refractivity contribution is -0.119. The van der Waals surface area contributed by atoms with Gasteiger partial charge < -0.3 is 5.32 Å². The lowest BCUT2D eigenvalue weighted by atomic mass is 9.86. The molecule has 0 aliphatic carbocycles. The van der Waals surface area contributed by atoms with Gasteiger partial charge in [0.25, 0.3) is 0 Å². The van der Waals surface area contributed by atoms with Gasteiger partial charge in [-0.1, -0.05) is 54.3 Å². The van der Waals surface area contributed by atoms with Crippen LogP contribution in [-0.4, -0.2) is 15.5 Å². The van der Waals surface area contributed by atoms with E-state index in [0.29, 0.717) is 5.56 Å². The van der Waals surface area contributed by atoms with Crippen molar-refractivity contribution in [3.8, 4) is 6.07 Å². The van der Waals surface area contributed by atoms with Crippen molar-refractivity contribution in [1.82, 2.24) is 5.32 Å². The zero-order valence-corrected chi connectivity index (χ0v) is 13.8. The van der Waals surface area contributed by atoms with Crippen molar-refractivity contribution in [2.24, 2.45) is 0 Å². The van der Waals surface area contributed by atoms with Crippen molar-refractivity contribution in [2.75, 3.05) is 0 Å². The number of nitrogens with zero attached hydrogens (tertiary/aromatic N) is 1. The topological polar surface area (TPSA) is 52.9 Å². The predicted octanol–water partition coefficient (Wildman–Crippen LogP) is 3.48. The van der Waals surface area contributed by atoms with Crippen LogP contribution in [-0.2, 0) is 4.79 Å². The van der Waals surface area contributed by atoms with Crippen LogP contribution >= 0.6 is 24.0 Å². The van der Waals surface area contributed by atoms with Gasteiger partial charge in [-0.15, -0.1) is 0 Å². The number of nitrogens with one attached hydrogen (secondary N) is 1. The summed E-state index contributed by atoms with van der Waals surface area (Å²) in [6, 6.07) is 12.3. The zero-order chi connectivity index (χ0) is 17.3. The SMILES string of the molecule is N#Cc1cc(F)c(C(c2ccccc2)C2SC(=S)NC2=O)c(F)c1. The van der Waals surface area contributed by atoms with Crippen molar-refractivity contribution in [1.29, 1.82) is 5.26 Å². The van der Waals surface area contributed by atoms with Crippen molar-refractivity contribution < 1.29 is 13.6 Å². The number of thioether (sulfide) groups is 1. The summed E-state index contributed by atoms with van der Waals surface area (Å²) < 4.78 is 29.4. The fraction of sp³-hybridized carbons (Fsp3) is 0.118. The van der Waals surface area contributed by atoms with E-state index in [9.17, 15) is 13.6 Å². The summed E-state index contributed by atoms with van der Waals surface area (Å²) in [5, 5.41) is 10.6. The van der Waals surface area contributed by atoms with Crippen LogP contribution in [0.1, 0.15) is 22.6 Å². The van der Waals surface area contributed by atoms with Crippen LogP contribution in [0.25, 0.3) is 0 Å². The third-order valence-electron chi connectivity index (χ3n) is 3.70. The summed E-state index contributed by atoms with van der Waals surface area (Å²) in [4.78, 5) is 12.2. The quantitative estimate of drug-likeness (QED) is 0.852. The number of rotatable bonds is 3. The molecule has 0 radical (unpaired) electrons. The monoisotopic (exact) mass is 360 g/mol. The molecule has 2 unspecified atom stereocenters. The number of nitriles is 1. The number of hydrogen-bond donors (Lipinski definition) is 1. The van der Waals surface area contributed by atoms with Crippen LogP contribution in [0.15, 0.2) is 42.5 Å². The fourth-order valence-electron chi connectivity index (χ4n) is 2.69. The number of thiocarbonyl (C=S) groups is 1. The maximum Gasteiger partial charge on any atom is 0.239 e. The Labute approximate surface area is 146 Å². The first-order chi connectivity index (χ1) is 11.5. The van der Waals surface area contributed by atoms with Gasteiger partial charge in [-0.25, -0.2) is 8.78 Å². The summed E-state index contributed by atoms with van der Waals surface area (Å²) in [6.45, 7) is 0. The molecule has 0 aromatic heterocycles. The van der Waals surface area contributed by atoms with Gasteiger partial charge in [0.15, 0.2) is 0 Å². The summed E-state index contributed by atoms with van der Waals surface area (Å²) >= 11 is 6.07. The number of carbonyl (C=O) groups excluding carboxylic acids is 1. The third-order valence-corrected chi connectivity index (χ3v) is 5.15. The van der Waals surface area contributed by atoms with E-state index in [1.807, 2.05) is 0 Å². The van der Waals surface area contributed by atoms with Gasteiger partial charge in [0.1, 0.15) is 21.2 Å². The molecule has 1 aliphatic rings. The highest BCUT2D eigenvalue weighted by atomic mass is 32.2. The Morgan fingerprint density at radius 2 is 1.83 bits per heavy atom. The maximum atomic E-state index is 14.5. The molecule has 1 aliphatic heterocycles. The minimum Gasteiger partial charge on any atom is -0.311 e. The van der Waals surface area contributed by atoms with Gasteiger partial charge >= 0.3 is 0 Å². The van der Waals surface area contributed by atoms with Gasteiger partial charge in [-0.05, 0) is 17.7 Å². The molecule has 3 rings (SSSR count). The average Bonchev–Trinajstić information content (AvgIpc) is 2.89. The Hall–Kier alpha value is -2.30. The van der Waals surface area contributed by atoms with Crippen LogP contribution in [0, 0.1) is 23.0 Å². The maximum absolute atomic E-state index is 14.5. The van der Waals surface area contributed by atoms with E-state index in [4.69, 9.17) is 17.5 Å². The second kappa shape index (κ2) is 6.67. The van der Waals surface area contributed by atoms with E-state index in [0.717, 1.165) is 23.9 Å². The standard InChI is InChI=1S/C17H10F2N2OS2/c18-11-6-9(8-20)7-12(19)14(11)13(10-4-2-1-3-5-10)15-16(22)21-17(23)24-15/h1-7,13,15H,(H,21,22,23). The minimum absolute atomic E-state index is 0.111. The summed E-state index contributed by atoms with van der Waals surface area (Å²) in [7, 11) is 0. The first-order valence-electron chi connectivity index (χ1n) is 6.96. The Kier molecular flexibility index (Phi) is 4.60. The van der Waals surface area contributed by atoms with E-state index in [1.165, 1.54) is 0 Å². The molecule has 0 spiro atoms. The molecule has 120 valence electrons. The molecule has 1 heterocycles. The Bertz CT molecular complexity index is 842. The molecular formula is C17H10F2N2OS2. The lowest BCUT2D eigenvalue weighted by Crippen LogP contribution is -2.30. The number of halogens is 2. The molecule has 7 heteroatoms. The van der Waals surface area contributed by atoms with Crippen LogP contribution in [0.5, 0.6) is 0 Å². The van der Waals surface area contributed by atoms with E-state index < -0.39 is 22.8 Å². The highest BCUT2D eigenvalue weighted by Crippen LogP contribution is 2.40. The molecule has 1 amide bonds. The normalized spacial score (nSPS) is 18.1. The second-order valence-electron chi connectivity index (χ2n) is 5.17. The van der Waals surface area contributed by atoms with Crippen molar-refractivity contribution >= 4 is 34.2 Å². The fourth-order valence-corrected chi connectivity index (χ4v) is 4.09. The first kappa shape index (κ1) is 16.6. The molecule has 2 atom stereocenters. The number of amides is 1. The van der Waals surface area contributed by atoms with Crippen molar-refractivity contribution in [3.05, 3.63) is 70.8 Å². The molecule has 2 aromatic carbocycles. The van der Waals surface area contributed by atoms with Gasteiger partial charge in [0.05, 0.1) is 11.6 Å². The highest BCUT2D eigenvalue weighted by molar-refractivity contribution is 8.24. The minimum atomic E-state index is -0.857. The molecule has 2 aromatic rings. The van der Waals surface area contributed by atoms with E-state index in [1.54, 1.807) is 36.4 Å². The third kappa shape index (κ3) is 3.03. The van der Waals surface area contributed by atoms with Gasteiger partial charge in [0.2, 0.25) is 5.91 Å².